The van der Waals surface area contributed by atoms with Gasteiger partial charge in [-0.3, -0.25) is 4.79 Å². The van der Waals surface area contributed by atoms with E-state index in [1.807, 2.05) is 12.1 Å². The summed E-state index contributed by atoms with van der Waals surface area (Å²) in [5, 5.41) is 12.3. The molecule has 0 aromatic heterocycles. The van der Waals surface area contributed by atoms with E-state index in [9.17, 15) is 9.90 Å². The van der Waals surface area contributed by atoms with Gasteiger partial charge in [-0.15, -0.1) is 0 Å². The standard InChI is InChI=1S/C13H17NO2/c1-3-5-13(16)14-9-11-8-10(4-2)6-7-12(11)15/h3,5-8,15H,4,9H2,1-2H3,(H,14,16)/b5-3+. The zero-order valence-electron chi connectivity index (χ0n) is 9.66. The first-order chi connectivity index (χ1) is 7.67. The van der Waals surface area contributed by atoms with Crippen LogP contribution in [0.1, 0.15) is 25.0 Å². The first-order valence-corrected chi connectivity index (χ1v) is 5.38. The Balaban J connectivity index is 2.69. The van der Waals surface area contributed by atoms with Crippen LogP contribution in [0.15, 0.2) is 30.4 Å². The fourth-order valence-corrected chi connectivity index (χ4v) is 1.39. The van der Waals surface area contributed by atoms with Crippen LogP contribution in [0, 0.1) is 0 Å². The number of nitrogens with one attached hydrogen (secondary N) is 1. The third kappa shape index (κ3) is 3.42. The molecule has 0 fully saturated rings. The predicted molar refractivity (Wildman–Crippen MR) is 64.1 cm³/mol. The number of allylic oxidation sites excluding steroid dienone is 1. The summed E-state index contributed by atoms with van der Waals surface area (Å²) < 4.78 is 0. The number of phenols is 1. The molecule has 1 aromatic carbocycles. The Labute approximate surface area is 95.8 Å². The van der Waals surface area contributed by atoms with Crippen molar-refractivity contribution in [2.75, 3.05) is 0 Å². The number of phenolic OH excluding ortho intramolecular Hbond substituents is 1. The van der Waals surface area contributed by atoms with Crippen LogP contribution in [0.5, 0.6) is 5.75 Å². The molecule has 0 bridgehead atoms. The van der Waals surface area contributed by atoms with Gasteiger partial charge in [0.15, 0.2) is 0 Å². The second kappa shape index (κ2) is 5.95. The van der Waals surface area contributed by atoms with Crippen molar-refractivity contribution in [1.82, 2.24) is 5.32 Å². The summed E-state index contributed by atoms with van der Waals surface area (Å²) in [6.07, 6.45) is 4.05. The highest BCUT2D eigenvalue weighted by Crippen LogP contribution is 2.18. The molecule has 0 aliphatic heterocycles. The Bertz CT molecular complexity index is 397. The highest BCUT2D eigenvalue weighted by atomic mass is 16.3. The van der Waals surface area contributed by atoms with E-state index >= 15 is 0 Å². The zero-order valence-corrected chi connectivity index (χ0v) is 9.66. The molecular formula is C13H17NO2. The summed E-state index contributed by atoms with van der Waals surface area (Å²) in [4.78, 5) is 11.2. The van der Waals surface area contributed by atoms with E-state index in [4.69, 9.17) is 0 Å². The van der Waals surface area contributed by atoms with Gasteiger partial charge in [-0.2, -0.15) is 0 Å². The van der Waals surface area contributed by atoms with Gasteiger partial charge in [-0.25, -0.2) is 0 Å². The number of carbonyl (C=O) groups is 1. The zero-order chi connectivity index (χ0) is 12.0. The average molecular weight is 219 g/mol. The molecule has 0 unspecified atom stereocenters. The fourth-order valence-electron chi connectivity index (χ4n) is 1.39. The van der Waals surface area contributed by atoms with Crippen LogP contribution < -0.4 is 5.32 Å². The van der Waals surface area contributed by atoms with E-state index in [0.29, 0.717) is 6.54 Å². The molecule has 0 aliphatic rings. The Morgan fingerprint density at radius 3 is 2.88 bits per heavy atom. The molecule has 0 atom stereocenters. The lowest BCUT2D eigenvalue weighted by molar-refractivity contribution is -0.116. The molecule has 0 radical (unpaired) electrons. The van der Waals surface area contributed by atoms with Gasteiger partial charge >= 0.3 is 0 Å². The van der Waals surface area contributed by atoms with Gasteiger partial charge in [0.1, 0.15) is 5.75 Å². The fraction of sp³-hybridized carbons (Fsp3) is 0.308. The van der Waals surface area contributed by atoms with Crippen molar-refractivity contribution in [1.29, 1.82) is 0 Å². The van der Waals surface area contributed by atoms with E-state index < -0.39 is 0 Å². The minimum absolute atomic E-state index is 0.149. The predicted octanol–water partition coefficient (Wildman–Crippen LogP) is 2.15. The SMILES string of the molecule is C/C=C/C(=O)NCc1cc(CC)ccc1O. The number of amides is 1. The van der Waals surface area contributed by atoms with Crippen molar-refractivity contribution < 1.29 is 9.90 Å². The van der Waals surface area contributed by atoms with Crippen molar-refractivity contribution in [2.45, 2.75) is 26.8 Å². The van der Waals surface area contributed by atoms with E-state index in [2.05, 4.69) is 12.2 Å². The minimum Gasteiger partial charge on any atom is -0.508 e. The molecule has 0 aliphatic carbocycles. The van der Waals surface area contributed by atoms with Gasteiger partial charge in [-0.1, -0.05) is 25.1 Å². The van der Waals surface area contributed by atoms with Crippen molar-refractivity contribution >= 4 is 5.91 Å². The van der Waals surface area contributed by atoms with Gasteiger partial charge in [0, 0.05) is 12.1 Å². The van der Waals surface area contributed by atoms with Gasteiger partial charge in [-0.05, 0) is 31.1 Å². The van der Waals surface area contributed by atoms with E-state index in [0.717, 1.165) is 17.5 Å². The van der Waals surface area contributed by atoms with Crippen LogP contribution in [0.25, 0.3) is 0 Å². The maximum atomic E-state index is 11.2. The summed E-state index contributed by atoms with van der Waals surface area (Å²) in [6, 6.07) is 5.45. The molecule has 3 nitrogen and oxygen atoms in total. The minimum atomic E-state index is -0.149. The summed E-state index contributed by atoms with van der Waals surface area (Å²) in [5.41, 5.74) is 1.89. The molecule has 16 heavy (non-hydrogen) atoms. The molecule has 0 heterocycles. The summed E-state index contributed by atoms with van der Waals surface area (Å²) in [6.45, 7) is 4.19. The van der Waals surface area contributed by atoms with Crippen molar-refractivity contribution in [3.05, 3.63) is 41.5 Å². The van der Waals surface area contributed by atoms with Crippen LogP contribution in [-0.2, 0) is 17.8 Å². The Hall–Kier alpha value is -1.77. The normalized spacial score (nSPS) is 10.6. The number of hydrogen-bond donors (Lipinski definition) is 2. The molecule has 86 valence electrons. The van der Waals surface area contributed by atoms with Crippen LogP contribution in [-0.4, -0.2) is 11.0 Å². The average Bonchev–Trinajstić information content (AvgIpc) is 2.28. The van der Waals surface area contributed by atoms with Crippen molar-refractivity contribution in [3.63, 3.8) is 0 Å². The summed E-state index contributed by atoms with van der Waals surface area (Å²) >= 11 is 0. The van der Waals surface area contributed by atoms with Gasteiger partial charge in [0.2, 0.25) is 5.91 Å². The first kappa shape index (κ1) is 12.3. The maximum absolute atomic E-state index is 11.2. The molecule has 0 saturated carbocycles. The van der Waals surface area contributed by atoms with Gasteiger partial charge in [0.25, 0.3) is 0 Å². The monoisotopic (exact) mass is 219 g/mol. The summed E-state index contributed by atoms with van der Waals surface area (Å²) in [7, 11) is 0. The molecule has 1 rings (SSSR count). The molecule has 0 saturated heterocycles. The van der Waals surface area contributed by atoms with Crippen LogP contribution >= 0.6 is 0 Å². The topological polar surface area (TPSA) is 49.3 Å². The first-order valence-electron chi connectivity index (χ1n) is 5.38. The number of aryl methyl sites for hydroxylation is 1. The quantitative estimate of drug-likeness (QED) is 0.762. The van der Waals surface area contributed by atoms with Crippen molar-refractivity contribution in [2.24, 2.45) is 0 Å². The molecule has 2 N–H and O–H groups in total. The number of hydrogen-bond acceptors (Lipinski definition) is 2. The van der Waals surface area contributed by atoms with Crippen LogP contribution in [0.4, 0.5) is 0 Å². The molecule has 3 heteroatoms. The van der Waals surface area contributed by atoms with Crippen molar-refractivity contribution in [3.8, 4) is 5.75 Å². The van der Waals surface area contributed by atoms with E-state index in [-0.39, 0.29) is 11.7 Å². The number of rotatable bonds is 4. The number of benzene rings is 1. The molecule has 0 spiro atoms. The highest BCUT2D eigenvalue weighted by Gasteiger charge is 2.03. The Kier molecular flexibility index (Phi) is 4.58. The third-order valence-electron chi connectivity index (χ3n) is 2.32. The maximum Gasteiger partial charge on any atom is 0.243 e. The van der Waals surface area contributed by atoms with Crippen LogP contribution in [0.3, 0.4) is 0 Å². The van der Waals surface area contributed by atoms with Crippen LogP contribution in [0.2, 0.25) is 0 Å². The molecule has 1 aromatic rings. The molecular weight excluding hydrogens is 202 g/mol. The third-order valence-corrected chi connectivity index (χ3v) is 2.32. The second-order valence-electron chi connectivity index (χ2n) is 3.53. The Morgan fingerprint density at radius 1 is 1.50 bits per heavy atom. The molecule has 1 amide bonds. The smallest absolute Gasteiger partial charge is 0.243 e. The van der Waals surface area contributed by atoms with Gasteiger partial charge in [0.05, 0.1) is 0 Å². The number of carbonyl (C=O) groups excluding carboxylic acids is 1. The number of aromatic hydroxyl groups is 1. The van der Waals surface area contributed by atoms with Gasteiger partial charge < -0.3 is 10.4 Å². The lowest BCUT2D eigenvalue weighted by atomic mass is 10.1. The van der Waals surface area contributed by atoms with E-state index in [1.54, 1.807) is 19.1 Å². The highest BCUT2D eigenvalue weighted by molar-refractivity contribution is 5.87. The summed E-state index contributed by atoms with van der Waals surface area (Å²) in [5.74, 6) is 0.0711. The second-order valence-corrected chi connectivity index (χ2v) is 3.53. The largest absolute Gasteiger partial charge is 0.508 e. The lowest BCUT2D eigenvalue weighted by Gasteiger charge is -2.07. The lowest BCUT2D eigenvalue weighted by Crippen LogP contribution is -2.20. The van der Waals surface area contributed by atoms with E-state index in [1.165, 1.54) is 6.08 Å². The Morgan fingerprint density at radius 2 is 2.25 bits per heavy atom.